The zero-order chi connectivity index (χ0) is 29.8. The molecule has 11 nitrogen and oxygen atoms in total. The minimum Gasteiger partial charge on any atom is -0.458 e. The van der Waals surface area contributed by atoms with Gasteiger partial charge in [0.1, 0.15) is 30.5 Å². The number of likely N-dealkylation sites (tertiary alicyclic amines) is 1. The molecule has 1 aliphatic rings. The fourth-order valence-corrected chi connectivity index (χ4v) is 4.00. The summed E-state index contributed by atoms with van der Waals surface area (Å²) in [5.41, 5.74) is -0.367. The van der Waals surface area contributed by atoms with Crippen LogP contribution in [0.5, 0.6) is 0 Å². The van der Waals surface area contributed by atoms with Gasteiger partial charge in [-0.2, -0.15) is 0 Å². The quantitative estimate of drug-likeness (QED) is 0.235. The van der Waals surface area contributed by atoms with E-state index in [0.717, 1.165) is 5.56 Å². The molecule has 0 aliphatic carbocycles. The van der Waals surface area contributed by atoms with Crippen molar-refractivity contribution in [2.24, 2.45) is 0 Å². The van der Waals surface area contributed by atoms with Crippen molar-refractivity contribution in [3.05, 3.63) is 35.9 Å². The number of nitrogens with zero attached hydrogens (tertiary/aromatic N) is 1. The van der Waals surface area contributed by atoms with Gasteiger partial charge in [-0.1, -0.05) is 30.3 Å². The van der Waals surface area contributed by atoms with Gasteiger partial charge >= 0.3 is 18.2 Å². The maximum absolute atomic E-state index is 13.4. The molecule has 0 bridgehead atoms. The first-order chi connectivity index (χ1) is 18.7. The van der Waals surface area contributed by atoms with Gasteiger partial charge in [0.15, 0.2) is 0 Å². The number of carbonyl (C=O) groups is 4. The van der Waals surface area contributed by atoms with Crippen molar-refractivity contribution in [1.82, 2.24) is 15.5 Å². The Balaban J connectivity index is 1.88. The Morgan fingerprint density at radius 1 is 0.925 bits per heavy atom. The second-order valence-electron chi connectivity index (χ2n) is 11.8. The monoisotopic (exact) mass is 563 g/mol. The summed E-state index contributed by atoms with van der Waals surface area (Å²) in [6, 6.07) is 8.42. The summed E-state index contributed by atoms with van der Waals surface area (Å²) in [6.07, 6.45) is 0.433. The summed E-state index contributed by atoms with van der Waals surface area (Å²) >= 11 is 0. The van der Waals surface area contributed by atoms with E-state index >= 15 is 0 Å². The average molecular weight is 564 g/mol. The van der Waals surface area contributed by atoms with Gasteiger partial charge in [0.25, 0.3) is 0 Å². The molecule has 224 valence electrons. The maximum atomic E-state index is 13.4. The van der Waals surface area contributed by atoms with Crippen molar-refractivity contribution < 1.29 is 38.1 Å². The Bertz CT molecular complexity index is 964. The molecular weight excluding hydrogens is 518 g/mol. The largest absolute Gasteiger partial charge is 0.458 e. The molecule has 1 saturated heterocycles. The van der Waals surface area contributed by atoms with E-state index in [2.05, 4.69) is 10.6 Å². The lowest BCUT2D eigenvalue weighted by Gasteiger charge is -2.34. The summed E-state index contributed by atoms with van der Waals surface area (Å²) in [6.45, 7) is 11.8. The number of carbonyl (C=O) groups excluding carboxylic acids is 4. The van der Waals surface area contributed by atoms with Crippen LogP contribution in [-0.4, -0.2) is 78.6 Å². The Morgan fingerprint density at radius 3 is 2.15 bits per heavy atom. The average Bonchev–Trinajstić information content (AvgIpc) is 2.86. The van der Waals surface area contributed by atoms with E-state index in [1.807, 2.05) is 30.3 Å². The number of rotatable bonds is 11. The normalized spacial score (nSPS) is 15.1. The molecule has 0 aromatic heterocycles. The summed E-state index contributed by atoms with van der Waals surface area (Å²) in [5.74, 6) is -0.663. The van der Waals surface area contributed by atoms with E-state index in [1.54, 1.807) is 46.4 Å². The van der Waals surface area contributed by atoms with Crippen molar-refractivity contribution in [3.8, 4) is 0 Å². The first-order valence-electron chi connectivity index (χ1n) is 13.8. The third-order valence-electron chi connectivity index (χ3n) is 5.75. The number of hydrogen-bond acceptors (Lipinski definition) is 8. The van der Waals surface area contributed by atoms with Gasteiger partial charge in [-0.05, 0) is 72.8 Å². The molecule has 1 fully saturated rings. The highest BCUT2D eigenvalue weighted by atomic mass is 16.6. The summed E-state index contributed by atoms with van der Waals surface area (Å²) < 4.78 is 21.5. The molecule has 2 N–H and O–H groups in total. The van der Waals surface area contributed by atoms with Crippen LogP contribution in [0.3, 0.4) is 0 Å². The zero-order valence-corrected chi connectivity index (χ0v) is 24.6. The molecular formula is C29H45N3O8. The third-order valence-corrected chi connectivity index (χ3v) is 5.75. The molecule has 40 heavy (non-hydrogen) atoms. The molecule has 3 amide bonds. The van der Waals surface area contributed by atoms with E-state index in [0.29, 0.717) is 38.8 Å². The van der Waals surface area contributed by atoms with E-state index in [4.69, 9.17) is 18.9 Å². The van der Waals surface area contributed by atoms with Crippen LogP contribution in [0, 0.1) is 0 Å². The molecule has 1 aromatic carbocycles. The maximum Gasteiger partial charge on any atom is 0.408 e. The topological polar surface area (TPSA) is 132 Å². The number of ether oxygens (including phenoxy) is 4. The smallest absolute Gasteiger partial charge is 0.408 e. The predicted molar refractivity (Wildman–Crippen MR) is 148 cm³/mol. The number of hydrogen-bond donors (Lipinski definition) is 2. The fraction of sp³-hybridized carbons (Fsp3) is 0.655. The Labute approximate surface area is 237 Å². The molecule has 0 unspecified atom stereocenters. The molecule has 0 radical (unpaired) electrons. The Kier molecular flexibility index (Phi) is 12.7. The van der Waals surface area contributed by atoms with Gasteiger partial charge in [-0.25, -0.2) is 14.4 Å². The molecule has 1 heterocycles. The number of amides is 3. The molecule has 1 aliphatic heterocycles. The number of piperidine rings is 1. The molecule has 2 rings (SSSR count). The van der Waals surface area contributed by atoms with E-state index < -0.39 is 35.4 Å². The first kappa shape index (κ1) is 32.9. The number of nitrogens with one attached hydrogen (secondary N) is 2. The van der Waals surface area contributed by atoms with Crippen molar-refractivity contribution in [3.63, 3.8) is 0 Å². The lowest BCUT2D eigenvalue weighted by molar-refractivity contribution is -0.163. The minimum absolute atomic E-state index is 0.0775. The lowest BCUT2D eigenvalue weighted by atomic mass is 10.0. The molecule has 1 atom stereocenters. The highest BCUT2D eigenvalue weighted by molar-refractivity contribution is 5.85. The van der Waals surface area contributed by atoms with Crippen LogP contribution < -0.4 is 10.6 Å². The standard InChI is InChI=1S/C29H45N3O8/c1-28(2,3)39-24(33)20-37-22-14-17-32(18-15-22)25(34)23(13-10-16-30-26(35)40-29(4,5)6)31-27(36)38-19-21-11-8-7-9-12-21/h7-9,11-12,22-23H,10,13-20H2,1-6H3,(H,30,35)(H,31,36)/t23-/m1/s1. The van der Waals surface area contributed by atoms with E-state index in [1.165, 1.54) is 0 Å². The van der Waals surface area contributed by atoms with Crippen LogP contribution in [0.15, 0.2) is 30.3 Å². The van der Waals surface area contributed by atoms with Gasteiger partial charge < -0.3 is 34.5 Å². The van der Waals surface area contributed by atoms with Crippen LogP contribution in [0.1, 0.15) is 72.8 Å². The van der Waals surface area contributed by atoms with Crippen LogP contribution in [-0.2, 0) is 35.1 Å². The van der Waals surface area contributed by atoms with Gasteiger partial charge in [-0.3, -0.25) is 4.79 Å². The number of alkyl carbamates (subject to hydrolysis) is 2. The SMILES string of the molecule is CC(C)(C)OC(=O)COC1CCN(C(=O)[C@@H](CCCNC(=O)OC(C)(C)C)NC(=O)OCc2ccccc2)CC1. The predicted octanol–water partition coefficient (Wildman–Crippen LogP) is 3.94. The summed E-state index contributed by atoms with van der Waals surface area (Å²) in [7, 11) is 0. The number of esters is 1. The van der Waals surface area contributed by atoms with Crippen LogP contribution in [0.25, 0.3) is 0 Å². The van der Waals surface area contributed by atoms with Gasteiger partial charge in [0.05, 0.1) is 6.10 Å². The van der Waals surface area contributed by atoms with Crippen LogP contribution in [0.4, 0.5) is 9.59 Å². The van der Waals surface area contributed by atoms with Crippen molar-refractivity contribution in [2.45, 2.75) is 97.2 Å². The third kappa shape index (κ3) is 13.6. The van der Waals surface area contributed by atoms with E-state index in [9.17, 15) is 19.2 Å². The minimum atomic E-state index is -0.831. The number of benzene rings is 1. The van der Waals surface area contributed by atoms with Gasteiger partial charge in [0.2, 0.25) is 5.91 Å². The summed E-state index contributed by atoms with van der Waals surface area (Å²) in [4.78, 5) is 51.5. The Morgan fingerprint density at radius 2 is 1.55 bits per heavy atom. The van der Waals surface area contributed by atoms with Crippen molar-refractivity contribution >= 4 is 24.1 Å². The zero-order valence-electron chi connectivity index (χ0n) is 24.6. The fourth-order valence-electron chi connectivity index (χ4n) is 4.00. The van der Waals surface area contributed by atoms with Gasteiger partial charge in [-0.15, -0.1) is 0 Å². The van der Waals surface area contributed by atoms with Crippen LogP contribution in [0.2, 0.25) is 0 Å². The second kappa shape index (κ2) is 15.4. The molecule has 0 saturated carbocycles. The molecule has 11 heteroatoms. The lowest BCUT2D eigenvalue weighted by Crippen LogP contribution is -2.51. The first-order valence-corrected chi connectivity index (χ1v) is 13.8. The Hall–Kier alpha value is -3.34. The van der Waals surface area contributed by atoms with Gasteiger partial charge in [0, 0.05) is 19.6 Å². The highest BCUT2D eigenvalue weighted by Gasteiger charge is 2.30. The van der Waals surface area contributed by atoms with Crippen LogP contribution >= 0.6 is 0 Å². The van der Waals surface area contributed by atoms with Crippen molar-refractivity contribution in [2.75, 3.05) is 26.2 Å². The molecule has 1 aromatic rings. The van der Waals surface area contributed by atoms with Crippen molar-refractivity contribution in [1.29, 1.82) is 0 Å². The summed E-state index contributed by atoms with van der Waals surface area (Å²) in [5, 5.41) is 5.37. The molecule has 0 spiro atoms. The second-order valence-corrected chi connectivity index (χ2v) is 11.8. The van der Waals surface area contributed by atoms with E-state index in [-0.39, 0.29) is 31.8 Å². The highest BCUT2D eigenvalue weighted by Crippen LogP contribution is 2.17.